The molecule has 1 aliphatic carbocycles. The van der Waals surface area contributed by atoms with Gasteiger partial charge in [-0.15, -0.1) is 0 Å². The summed E-state index contributed by atoms with van der Waals surface area (Å²) in [5.74, 6) is -1.29. The van der Waals surface area contributed by atoms with Crippen LogP contribution in [0.15, 0.2) is 12.7 Å². The van der Waals surface area contributed by atoms with Crippen molar-refractivity contribution >= 4 is 11.9 Å². The zero-order valence-corrected chi connectivity index (χ0v) is 7.32. The highest BCUT2D eigenvalue weighted by molar-refractivity contribution is 5.87. The van der Waals surface area contributed by atoms with Gasteiger partial charge in [0.05, 0.1) is 5.92 Å². The van der Waals surface area contributed by atoms with E-state index in [9.17, 15) is 9.59 Å². The molecule has 0 aliphatic heterocycles. The number of carbonyl (C=O) groups is 2. The Morgan fingerprint density at radius 2 is 2.15 bits per heavy atom. The van der Waals surface area contributed by atoms with Crippen molar-refractivity contribution in [2.45, 2.75) is 25.3 Å². The smallest absolute Gasteiger partial charge is 0.306 e. The van der Waals surface area contributed by atoms with Crippen LogP contribution >= 0.6 is 0 Å². The van der Waals surface area contributed by atoms with E-state index in [2.05, 4.69) is 11.9 Å². The van der Waals surface area contributed by atoms with Gasteiger partial charge in [0.2, 0.25) is 5.91 Å². The molecule has 1 saturated carbocycles. The van der Waals surface area contributed by atoms with Crippen LogP contribution in [0.1, 0.15) is 19.3 Å². The molecule has 0 aromatic carbocycles. The third-order valence-electron chi connectivity index (χ3n) is 2.31. The van der Waals surface area contributed by atoms with Crippen LogP contribution < -0.4 is 5.32 Å². The lowest BCUT2D eigenvalue weighted by Gasteiger charge is -2.09. The van der Waals surface area contributed by atoms with Crippen LogP contribution in [0.2, 0.25) is 0 Å². The van der Waals surface area contributed by atoms with Crippen molar-refractivity contribution < 1.29 is 14.7 Å². The molecule has 2 N–H and O–H groups in total. The van der Waals surface area contributed by atoms with Crippen LogP contribution in [-0.2, 0) is 9.59 Å². The second-order valence-corrected chi connectivity index (χ2v) is 3.26. The summed E-state index contributed by atoms with van der Waals surface area (Å²) in [4.78, 5) is 21.4. The van der Waals surface area contributed by atoms with Crippen molar-refractivity contribution in [2.24, 2.45) is 5.92 Å². The van der Waals surface area contributed by atoms with Crippen LogP contribution in [-0.4, -0.2) is 23.0 Å². The Bertz CT molecular complexity index is 237. The molecule has 0 spiro atoms. The molecule has 0 aromatic rings. The average molecular weight is 183 g/mol. The lowest BCUT2D eigenvalue weighted by molar-refractivity contribution is -0.141. The number of hydrogen-bond acceptors (Lipinski definition) is 2. The van der Waals surface area contributed by atoms with Crippen molar-refractivity contribution in [3.05, 3.63) is 12.7 Å². The lowest BCUT2D eigenvalue weighted by atomic mass is 10.1. The molecule has 0 unspecified atom stereocenters. The zero-order valence-electron chi connectivity index (χ0n) is 7.32. The molecule has 2 atom stereocenters. The van der Waals surface area contributed by atoms with E-state index >= 15 is 0 Å². The van der Waals surface area contributed by atoms with Gasteiger partial charge in [-0.05, 0) is 25.3 Å². The van der Waals surface area contributed by atoms with E-state index in [4.69, 9.17) is 5.11 Å². The number of carboxylic acids is 1. The minimum absolute atomic E-state index is 0.00611. The molecule has 0 bridgehead atoms. The van der Waals surface area contributed by atoms with Crippen LogP contribution in [0, 0.1) is 5.92 Å². The van der Waals surface area contributed by atoms with Gasteiger partial charge in [-0.25, -0.2) is 0 Å². The van der Waals surface area contributed by atoms with E-state index in [0.29, 0.717) is 12.8 Å². The largest absolute Gasteiger partial charge is 0.481 e. The van der Waals surface area contributed by atoms with Gasteiger partial charge in [-0.1, -0.05) is 6.58 Å². The Kier molecular flexibility index (Phi) is 3.06. The maximum Gasteiger partial charge on any atom is 0.306 e. The zero-order chi connectivity index (χ0) is 9.84. The van der Waals surface area contributed by atoms with Crippen LogP contribution in [0.3, 0.4) is 0 Å². The molecule has 0 saturated heterocycles. The Morgan fingerprint density at radius 1 is 1.46 bits per heavy atom. The van der Waals surface area contributed by atoms with Gasteiger partial charge in [0.1, 0.15) is 0 Å². The van der Waals surface area contributed by atoms with Gasteiger partial charge < -0.3 is 10.4 Å². The predicted octanol–water partition coefficient (Wildman–Crippen LogP) is 0.542. The van der Waals surface area contributed by atoms with Crippen LogP contribution in [0.4, 0.5) is 0 Å². The Hall–Kier alpha value is -1.32. The number of carboxylic acid groups (broad SMARTS) is 1. The SMILES string of the molecule is C=CC(=O)N[C@@H]1CC[C@@H](C(=O)O)C1. The van der Waals surface area contributed by atoms with Crippen LogP contribution in [0.25, 0.3) is 0 Å². The minimum atomic E-state index is -0.768. The summed E-state index contributed by atoms with van der Waals surface area (Å²) in [6, 6.07) is 0.00611. The van der Waals surface area contributed by atoms with Gasteiger partial charge >= 0.3 is 5.97 Å². The van der Waals surface area contributed by atoms with Crippen LogP contribution in [0.5, 0.6) is 0 Å². The second kappa shape index (κ2) is 4.07. The highest BCUT2D eigenvalue weighted by Gasteiger charge is 2.29. The van der Waals surface area contributed by atoms with Crippen molar-refractivity contribution in [2.75, 3.05) is 0 Å². The first kappa shape index (κ1) is 9.77. The van der Waals surface area contributed by atoms with Gasteiger partial charge in [0.15, 0.2) is 0 Å². The van der Waals surface area contributed by atoms with E-state index in [0.717, 1.165) is 6.42 Å². The number of nitrogens with one attached hydrogen (secondary N) is 1. The number of aliphatic carboxylic acids is 1. The molecule has 4 heteroatoms. The van der Waals surface area contributed by atoms with E-state index in [1.807, 2.05) is 0 Å². The Labute approximate surface area is 76.6 Å². The van der Waals surface area contributed by atoms with E-state index in [1.54, 1.807) is 0 Å². The first-order valence-corrected chi connectivity index (χ1v) is 4.29. The molecule has 1 aliphatic rings. The highest BCUT2D eigenvalue weighted by Crippen LogP contribution is 2.25. The molecule has 0 radical (unpaired) electrons. The van der Waals surface area contributed by atoms with Crippen molar-refractivity contribution in [1.82, 2.24) is 5.32 Å². The van der Waals surface area contributed by atoms with Gasteiger partial charge in [0, 0.05) is 6.04 Å². The summed E-state index contributed by atoms with van der Waals surface area (Å²) in [7, 11) is 0. The standard InChI is InChI=1S/C9H13NO3/c1-2-8(11)10-7-4-3-6(5-7)9(12)13/h2,6-7H,1,3-5H2,(H,10,11)(H,12,13)/t6-,7-/m1/s1. The monoisotopic (exact) mass is 183 g/mol. The van der Waals surface area contributed by atoms with Crippen molar-refractivity contribution in [3.8, 4) is 0 Å². The summed E-state index contributed by atoms with van der Waals surface area (Å²) in [6.45, 7) is 3.33. The van der Waals surface area contributed by atoms with E-state index in [-0.39, 0.29) is 17.9 Å². The summed E-state index contributed by atoms with van der Waals surface area (Å²) >= 11 is 0. The summed E-state index contributed by atoms with van der Waals surface area (Å²) in [5.41, 5.74) is 0. The predicted molar refractivity (Wildman–Crippen MR) is 47.1 cm³/mol. The van der Waals surface area contributed by atoms with Gasteiger partial charge in [0.25, 0.3) is 0 Å². The summed E-state index contributed by atoms with van der Waals surface area (Å²) in [6.07, 6.45) is 3.14. The third kappa shape index (κ3) is 2.57. The maximum absolute atomic E-state index is 10.9. The highest BCUT2D eigenvalue weighted by atomic mass is 16.4. The number of rotatable bonds is 3. The topological polar surface area (TPSA) is 66.4 Å². The summed E-state index contributed by atoms with van der Waals surface area (Å²) < 4.78 is 0. The molecule has 72 valence electrons. The molecule has 0 heterocycles. The molecular formula is C9H13NO3. The molecule has 0 aromatic heterocycles. The summed E-state index contributed by atoms with van der Waals surface area (Å²) in [5, 5.41) is 11.4. The first-order valence-electron chi connectivity index (χ1n) is 4.29. The van der Waals surface area contributed by atoms with Crippen molar-refractivity contribution in [1.29, 1.82) is 0 Å². The van der Waals surface area contributed by atoms with Gasteiger partial charge in [-0.2, -0.15) is 0 Å². The fraction of sp³-hybridized carbons (Fsp3) is 0.556. The number of carbonyl (C=O) groups excluding carboxylic acids is 1. The lowest BCUT2D eigenvalue weighted by Crippen LogP contribution is -2.31. The quantitative estimate of drug-likeness (QED) is 0.627. The Balaban J connectivity index is 2.37. The molecule has 4 nitrogen and oxygen atoms in total. The molecule has 1 rings (SSSR count). The fourth-order valence-corrected chi connectivity index (χ4v) is 1.60. The molecule has 1 amide bonds. The minimum Gasteiger partial charge on any atom is -0.481 e. The van der Waals surface area contributed by atoms with E-state index in [1.165, 1.54) is 6.08 Å². The average Bonchev–Trinajstić information content (AvgIpc) is 2.52. The molecular weight excluding hydrogens is 170 g/mol. The Morgan fingerprint density at radius 3 is 2.62 bits per heavy atom. The third-order valence-corrected chi connectivity index (χ3v) is 2.31. The fourth-order valence-electron chi connectivity index (χ4n) is 1.60. The number of amides is 1. The molecule has 13 heavy (non-hydrogen) atoms. The molecule has 1 fully saturated rings. The van der Waals surface area contributed by atoms with E-state index < -0.39 is 5.97 Å². The van der Waals surface area contributed by atoms with Gasteiger partial charge in [-0.3, -0.25) is 9.59 Å². The first-order chi connectivity index (χ1) is 6.13. The normalized spacial score (nSPS) is 26.8. The van der Waals surface area contributed by atoms with Crippen molar-refractivity contribution in [3.63, 3.8) is 0 Å². The number of hydrogen-bond donors (Lipinski definition) is 2. The second-order valence-electron chi connectivity index (χ2n) is 3.26. The maximum atomic E-state index is 10.9.